The number of aromatic nitrogens is 2. The maximum absolute atomic E-state index is 2.44. The van der Waals surface area contributed by atoms with Crippen LogP contribution in [0.25, 0.3) is 77.6 Å². The molecule has 11 rings (SSSR count). The molecule has 0 atom stereocenters. The minimum Gasteiger partial charge on any atom is -0.311 e. The second-order valence-corrected chi connectivity index (χ2v) is 15.0. The normalized spacial score (nSPS) is 11.4. The summed E-state index contributed by atoms with van der Waals surface area (Å²) in [6.45, 7) is 0. The zero-order valence-corrected chi connectivity index (χ0v) is 32.4. The van der Waals surface area contributed by atoms with Gasteiger partial charge in [-0.1, -0.05) is 164 Å². The average molecular weight is 754 g/mol. The monoisotopic (exact) mass is 753 g/mol. The molecule has 0 saturated carbocycles. The Kier molecular flexibility index (Phi) is 8.49. The van der Waals surface area contributed by atoms with E-state index >= 15 is 0 Å². The molecule has 0 saturated heterocycles. The van der Waals surface area contributed by atoms with Crippen LogP contribution in [0, 0.1) is 0 Å². The standard InChI is InChI=1S/C56H39N3/c1-5-15-40(16-6-1)42-25-32-48(33-26-42)57(49-34-27-43(28-35-49)41-17-7-2-8-18-41)50-36-29-44(30-37-50)45-31-38-52-54(39-45)59(47-21-11-4-12-22-47)56-55(52)51-23-13-14-24-53(51)58(56)46-19-9-3-10-20-46/h1-39H. The highest BCUT2D eigenvalue weighted by atomic mass is 15.1. The molecule has 0 spiro atoms. The molecule has 3 heteroatoms. The molecule has 59 heavy (non-hydrogen) atoms. The van der Waals surface area contributed by atoms with Gasteiger partial charge in [0.05, 0.1) is 11.0 Å². The molecule has 0 N–H and O–H groups in total. The van der Waals surface area contributed by atoms with Crippen LogP contribution in [0.5, 0.6) is 0 Å². The van der Waals surface area contributed by atoms with Gasteiger partial charge in [-0.3, -0.25) is 9.13 Å². The van der Waals surface area contributed by atoms with Gasteiger partial charge in [-0.05, 0) is 106 Å². The number of rotatable bonds is 8. The quantitative estimate of drug-likeness (QED) is 0.151. The summed E-state index contributed by atoms with van der Waals surface area (Å²) in [5.41, 5.74) is 16.3. The minimum absolute atomic E-state index is 1.09. The number of hydrogen-bond acceptors (Lipinski definition) is 1. The van der Waals surface area contributed by atoms with Gasteiger partial charge in [-0.2, -0.15) is 0 Å². The topological polar surface area (TPSA) is 13.1 Å². The van der Waals surface area contributed by atoms with Crippen LogP contribution in [0.4, 0.5) is 17.1 Å². The predicted molar refractivity (Wildman–Crippen MR) is 249 cm³/mol. The van der Waals surface area contributed by atoms with Gasteiger partial charge >= 0.3 is 0 Å². The smallest absolute Gasteiger partial charge is 0.131 e. The van der Waals surface area contributed by atoms with Gasteiger partial charge in [-0.15, -0.1) is 0 Å². The maximum atomic E-state index is 2.44. The lowest BCUT2D eigenvalue weighted by atomic mass is 10.0. The summed E-state index contributed by atoms with van der Waals surface area (Å²) in [5, 5.41) is 3.74. The molecule has 0 bridgehead atoms. The van der Waals surface area contributed by atoms with Gasteiger partial charge in [0, 0.05) is 44.6 Å². The number of nitrogens with zero attached hydrogens (tertiary/aromatic N) is 3. The zero-order chi connectivity index (χ0) is 39.1. The van der Waals surface area contributed by atoms with Crippen molar-refractivity contribution in [2.24, 2.45) is 0 Å². The van der Waals surface area contributed by atoms with E-state index in [1.807, 2.05) is 0 Å². The SMILES string of the molecule is c1ccc(-c2ccc(N(c3ccc(-c4ccccc4)cc3)c3ccc(-c4ccc5c6c7ccccc7n(-c7ccccc7)c6n(-c6ccccc6)c5c4)cc3)cc2)cc1. The first-order valence-electron chi connectivity index (χ1n) is 20.2. The zero-order valence-electron chi connectivity index (χ0n) is 32.4. The number of fused-ring (bicyclic) bond motifs is 5. The van der Waals surface area contributed by atoms with E-state index in [0.29, 0.717) is 0 Å². The van der Waals surface area contributed by atoms with Crippen LogP contribution in [-0.2, 0) is 0 Å². The van der Waals surface area contributed by atoms with E-state index in [4.69, 9.17) is 0 Å². The van der Waals surface area contributed by atoms with E-state index in [0.717, 1.165) is 34.0 Å². The first-order chi connectivity index (χ1) is 29.3. The third-order valence-corrected chi connectivity index (χ3v) is 11.5. The average Bonchev–Trinajstić information content (AvgIpc) is 3.83. The van der Waals surface area contributed by atoms with Crippen molar-refractivity contribution in [1.29, 1.82) is 0 Å². The van der Waals surface area contributed by atoms with E-state index in [1.54, 1.807) is 0 Å². The van der Waals surface area contributed by atoms with Gasteiger partial charge in [0.25, 0.3) is 0 Å². The highest BCUT2D eigenvalue weighted by Gasteiger charge is 2.22. The Morgan fingerprint density at radius 1 is 0.271 bits per heavy atom. The van der Waals surface area contributed by atoms with Crippen molar-refractivity contribution >= 4 is 49.9 Å². The minimum atomic E-state index is 1.09. The maximum Gasteiger partial charge on any atom is 0.131 e. The van der Waals surface area contributed by atoms with Crippen molar-refractivity contribution in [1.82, 2.24) is 9.13 Å². The molecule has 0 radical (unpaired) electrons. The van der Waals surface area contributed by atoms with Gasteiger partial charge in [0.1, 0.15) is 5.65 Å². The summed E-state index contributed by atoms with van der Waals surface area (Å²) in [6, 6.07) is 85.1. The first-order valence-corrected chi connectivity index (χ1v) is 20.2. The lowest BCUT2D eigenvalue weighted by molar-refractivity contribution is 1.07. The molecule has 0 aliphatic carbocycles. The molecule has 0 fully saturated rings. The molecule has 0 aliphatic heterocycles. The van der Waals surface area contributed by atoms with Gasteiger partial charge in [-0.25, -0.2) is 0 Å². The summed E-state index contributed by atoms with van der Waals surface area (Å²) in [7, 11) is 0. The van der Waals surface area contributed by atoms with E-state index in [-0.39, 0.29) is 0 Å². The van der Waals surface area contributed by atoms with Crippen LogP contribution >= 0.6 is 0 Å². The Hall–Kier alpha value is -7.88. The third kappa shape index (κ3) is 6.08. The predicted octanol–water partition coefficient (Wildman–Crippen LogP) is 15.2. The van der Waals surface area contributed by atoms with Crippen molar-refractivity contribution in [3.63, 3.8) is 0 Å². The van der Waals surface area contributed by atoms with E-state index < -0.39 is 0 Å². The van der Waals surface area contributed by atoms with Crippen molar-refractivity contribution in [3.8, 4) is 44.8 Å². The molecule has 3 nitrogen and oxygen atoms in total. The fourth-order valence-corrected chi connectivity index (χ4v) is 8.72. The number of anilines is 3. The van der Waals surface area contributed by atoms with Crippen LogP contribution in [0.1, 0.15) is 0 Å². The second-order valence-electron chi connectivity index (χ2n) is 15.0. The summed E-state index contributed by atoms with van der Waals surface area (Å²) >= 11 is 0. The van der Waals surface area contributed by atoms with Gasteiger partial charge in [0.2, 0.25) is 0 Å². The van der Waals surface area contributed by atoms with Crippen LogP contribution in [-0.4, -0.2) is 9.13 Å². The first kappa shape index (κ1) is 34.4. The van der Waals surface area contributed by atoms with Crippen LogP contribution < -0.4 is 4.90 Å². The lowest BCUT2D eigenvalue weighted by Gasteiger charge is -2.26. The third-order valence-electron chi connectivity index (χ3n) is 11.5. The molecule has 9 aromatic carbocycles. The molecule has 278 valence electrons. The summed E-state index contributed by atoms with van der Waals surface area (Å²) < 4.78 is 4.86. The molecule has 0 aliphatic rings. The fraction of sp³-hybridized carbons (Fsp3) is 0. The summed E-state index contributed by atoms with van der Waals surface area (Å²) in [5.74, 6) is 0. The van der Waals surface area contributed by atoms with E-state index in [2.05, 4.69) is 251 Å². The summed E-state index contributed by atoms with van der Waals surface area (Å²) in [4.78, 5) is 2.34. The van der Waals surface area contributed by atoms with Crippen LogP contribution in [0.15, 0.2) is 237 Å². The Morgan fingerprint density at radius 2 is 0.627 bits per heavy atom. The number of hydrogen-bond donors (Lipinski definition) is 0. The molecule has 2 aromatic heterocycles. The van der Waals surface area contributed by atoms with Gasteiger partial charge in [0.15, 0.2) is 0 Å². The van der Waals surface area contributed by atoms with E-state index in [1.165, 1.54) is 60.7 Å². The highest BCUT2D eigenvalue weighted by molar-refractivity contribution is 6.22. The number of para-hydroxylation sites is 3. The summed E-state index contributed by atoms with van der Waals surface area (Å²) in [6.07, 6.45) is 0. The fourth-order valence-electron chi connectivity index (χ4n) is 8.72. The Morgan fingerprint density at radius 3 is 1.12 bits per heavy atom. The van der Waals surface area contributed by atoms with Crippen LogP contribution in [0.2, 0.25) is 0 Å². The molecule has 11 aromatic rings. The second kappa shape index (κ2) is 14.6. The lowest BCUT2D eigenvalue weighted by Crippen LogP contribution is -2.09. The molecular weight excluding hydrogens is 715 g/mol. The molecule has 0 amide bonds. The molecule has 2 heterocycles. The van der Waals surface area contributed by atoms with E-state index in [9.17, 15) is 0 Å². The van der Waals surface area contributed by atoms with Crippen molar-refractivity contribution in [2.45, 2.75) is 0 Å². The van der Waals surface area contributed by atoms with Crippen LogP contribution in [0.3, 0.4) is 0 Å². The van der Waals surface area contributed by atoms with Crippen molar-refractivity contribution in [2.75, 3.05) is 4.90 Å². The highest BCUT2D eigenvalue weighted by Crippen LogP contribution is 2.43. The molecule has 0 unspecified atom stereocenters. The largest absolute Gasteiger partial charge is 0.311 e. The molecular formula is C56H39N3. The van der Waals surface area contributed by atoms with Crippen molar-refractivity contribution in [3.05, 3.63) is 237 Å². The Balaban J connectivity index is 1.03. The van der Waals surface area contributed by atoms with Gasteiger partial charge < -0.3 is 4.90 Å². The Labute approximate surface area is 343 Å². The number of benzene rings is 9. The Bertz CT molecular complexity index is 3120. The van der Waals surface area contributed by atoms with Crippen molar-refractivity contribution < 1.29 is 0 Å².